The van der Waals surface area contributed by atoms with Crippen molar-refractivity contribution in [1.82, 2.24) is 19.9 Å². The van der Waals surface area contributed by atoms with E-state index >= 15 is 0 Å². The van der Waals surface area contributed by atoms with Crippen molar-refractivity contribution in [3.8, 4) is 0 Å². The van der Waals surface area contributed by atoms with Crippen molar-refractivity contribution in [1.29, 1.82) is 0 Å². The number of hydrogen-bond acceptors (Lipinski definition) is 4. The molecule has 0 aliphatic heterocycles. The zero-order chi connectivity index (χ0) is 25.2. The lowest BCUT2D eigenvalue weighted by atomic mass is 9.96. The maximum absolute atomic E-state index is 6.36. The fourth-order valence-electron chi connectivity index (χ4n) is 5.72. The number of rotatable bonds is 6. The summed E-state index contributed by atoms with van der Waals surface area (Å²) in [6, 6.07) is 12.9. The first-order valence-corrected chi connectivity index (χ1v) is 13.8. The van der Waals surface area contributed by atoms with Crippen molar-refractivity contribution in [2.75, 3.05) is 0 Å². The second-order valence-electron chi connectivity index (χ2n) is 10.6. The van der Waals surface area contributed by atoms with Gasteiger partial charge >= 0.3 is 0 Å². The van der Waals surface area contributed by atoms with Gasteiger partial charge in [0.1, 0.15) is 23.3 Å². The van der Waals surface area contributed by atoms with Gasteiger partial charge in [-0.3, -0.25) is 9.98 Å². The van der Waals surface area contributed by atoms with Crippen LogP contribution >= 0.6 is 0 Å². The van der Waals surface area contributed by atoms with Crippen LogP contribution in [0.2, 0.25) is 0 Å². The van der Waals surface area contributed by atoms with E-state index in [1.165, 1.54) is 38.5 Å². The molecular weight excluding hydrogens is 460 g/mol. The second-order valence-corrected chi connectivity index (χ2v) is 10.6. The number of benzene rings is 2. The molecule has 8 nitrogen and oxygen atoms in total. The summed E-state index contributed by atoms with van der Waals surface area (Å²) in [5.41, 5.74) is 18.3. The molecular formula is C29H36N8. The standard InChI is InChI=1S/C29H36N8/c30-28(32-20-7-3-1-4-8-20)18-11-13-22-24(15-18)36-26(34-22)17-27-35-23-14-12-19(16-25(23)37-27)29(31)33-21-9-5-2-6-10-21/h11-16,20-21H,1-10,17H2,(H2,30,32)(H2,31,33)(H,34,36)(H,35,37). The molecule has 2 fully saturated rings. The summed E-state index contributed by atoms with van der Waals surface area (Å²) in [6.07, 6.45) is 12.7. The number of H-pyrrole nitrogens is 2. The molecule has 2 aromatic heterocycles. The summed E-state index contributed by atoms with van der Waals surface area (Å²) >= 11 is 0. The van der Waals surface area contributed by atoms with Gasteiger partial charge in [-0.25, -0.2) is 9.97 Å². The highest BCUT2D eigenvalue weighted by Crippen LogP contribution is 2.23. The zero-order valence-electron chi connectivity index (χ0n) is 21.3. The van der Waals surface area contributed by atoms with Crippen LogP contribution in [0.15, 0.2) is 46.4 Å². The Labute approximate surface area is 217 Å². The first kappa shape index (κ1) is 23.7. The van der Waals surface area contributed by atoms with Gasteiger partial charge in [-0.05, 0) is 62.1 Å². The van der Waals surface area contributed by atoms with Crippen molar-refractivity contribution in [2.24, 2.45) is 21.5 Å². The Morgan fingerprint density at radius 3 is 1.54 bits per heavy atom. The van der Waals surface area contributed by atoms with E-state index in [-0.39, 0.29) is 0 Å². The minimum absolute atomic E-state index is 0.349. The number of aliphatic imine (C=N–C) groups is 2. The first-order chi connectivity index (χ1) is 18.1. The number of imidazole rings is 2. The van der Waals surface area contributed by atoms with E-state index in [0.29, 0.717) is 30.2 Å². The van der Waals surface area contributed by atoms with Gasteiger partial charge in [-0.1, -0.05) is 38.5 Å². The van der Waals surface area contributed by atoms with Gasteiger partial charge in [0, 0.05) is 11.1 Å². The van der Waals surface area contributed by atoms with E-state index in [0.717, 1.165) is 70.5 Å². The summed E-state index contributed by atoms with van der Waals surface area (Å²) in [7, 11) is 0. The second kappa shape index (κ2) is 10.4. The lowest BCUT2D eigenvalue weighted by Crippen LogP contribution is -2.19. The van der Waals surface area contributed by atoms with Gasteiger partial charge < -0.3 is 21.4 Å². The van der Waals surface area contributed by atoms with Crippen LogP contribution in [-0.2, 0) is 6.42 Å². The Hall–Kier alpha value is -3.68. The maximum Gasteiger partial charge on any atom is 0.125 e. The molecule has 192 valence electrons. The first-order valence-electron chi connectivity index (χ1n) is 13.8. The topological polar surface area (TPSA) is 134 Å². The maximum atomic E-state index is 6.36. The highest BCUT2D eigenvalue weighted by atomic mass is 15.0. The minimum atomic E-state index is 0.349. The Morgan fingerprint density at radius 1 is 0.676 bits per heavy atom. The van der Waals surface area contributed by atoms with Crippen LogP contribution in [0.4, 0.5) is 0 Å². The highest BCUT2D eigenvalue weighted by Gasteiger charge is 2.15. The van der Waals surface area contributed by atoms with Gasteiger partial charge in [-0.15, -0.1) is 0 Å². The summed E-state index contributed by atoms with van der Waals surface area (Å²) < 4.78 is 0. The van der Waals surface area contributed by atoms with Crippen LogP contribution in [-0.4, -0.2) is 43.7 Å². The number of amidine groups is 2. The van der Waals surface area contributed by atoms with E-state index in [4.69, 9.17) is 31.4 Å². The molecule has 4 aromatic rings. The van der Waals surface area contributed by atoms with Crippen LogP contribution in [0.25, 0.3) is 22.1 Å². The lowest BCUT2D eigenvalue weighted by molar-refractivity contribution is 0.443. The summed E-state index contributed by atoms with van der Waals surface area (Å²) in [4.78, 5) is 26.0. The molecule has 0 amide bonds. The number of nitrogens with one attached hydrogen (secondary N) is 2. The van der Waals surface area contributed by atoms with E-state index in [1.807, 2.05) is 36.4 Å². The Balaban J connectivity index is 1.18. The molecule has 8 heteroatoms. The Bertz CT molecular complexity index is 1340. The SMILES string of the molecule is NC(=NC1CCCCC1)c1ccc2[nH]c(Cc3nc4cc(C(N)=NC5CCCCC5)ccc4[nH]3)nc2c1. The molecule has 2 aliphatic rings. The smallest absolute Gasteiger partial charge is 0.125 e. The van der Waals surface area contributed by atoms with E-state index in [9.17, 15) is 0 Å². The van der Waals surface area contributed by atoms with Crippen LogP contribution in [0.3, 0.4) is 0 Å². The summed E-state index contributed by atoms with van der Waals surface area (Å²) in [5, 5.41) is 0. The zero-order valence-corrected chi connectivity index (χ0v) is 21.3. The van der Waals surface area contributed by atoms with Crippen LogP contribution < -0.4 is 11.5 Å². The molecule has 0 spiro atoms. The van der Waals surface area contributed by atoms with Crippen molar-refractivity contribution in [2.45, 2.75) is 82.7 Å². The number of hydrogen-bond donors (Lipinski definition) is 4. The molecule has 2 heterocycles. The molecule has 2 aliphatic carbocycles. The number of nitrogens with zero attached hydrogens (tertiary/aromatic N) is 4. The third-order valence-electron chi connectivity index (χ3n) is 7.78. The average molecular weight is 497 g/mol. The number of aromatic amines is 2. The van der Waals surface area contributed by atoms with Gasteiger partial charge in [0.2, 0.25) is 0 Å². The van der Waals surface area contributed by atoms with Gasteiger partial charge in [-0.2, -0.15) is 0 Å². The fourth-order valence-corrected chi connectivity index (χ4v) is 5.72. The molecule has 0 radical (unpaired) electrons. The molecule has 0 saturated heterocycles. The van der Waals surface area contributed by atoms with E-state index < -0.39 is 0 Å². The Kier molecular flexibility index (Phi) is 6.64. The normalized spacial score (nSPS) is 18.7. The molecule has 6 rings (SSSR count). The predicted molar refractivity (Wildman–Crippen MR) is 150 cm³/mol. The van der Waals surface area contributed by atoms with Crippen molar-refractivity contribution in [3.05, 3.63) is 59.2 Å². The number of aromatic nitrogens is 4. The molecule has 2 saturated carbocycles. The fraction of sp³-hybridized carbons (Fsp3) is 0.448. The molecule has 0 unspecified atom stereocenters. The summed E-state index contributed by atoms with van der Waals surface area (Å²) in [5.74, 6) is 2.93. The van der Waals surface area contributed by atoms with Crippen LogP contribution in [0.1, 0.15) is 87.0 Å². The highest BCUT2D eigenvalue weighted by molar-refractivity contribution is 6.01. The quantitative estimate of drug-likeness (QED) is 0.218. The van der Waals surface area contributed by atoms with E-state index in [2.05, 4.69) is 9.97 Å². The predicted octanol–water partition coefficient (Wildman–Crippen LogP) is 5.11. The van der Waals surface area contributed by atoms with Crippen molar-refractivity contribution >= 4 is 33.7 Å². The largest absolute Gasteiger partial charge is 0.383 e. The number of nitrogens with two attached hydrogens (primary N) is 2. The third kappa shape index (κ3) is 5.38. The third-order valence-corrected chi connectivity index (χ3v) is 7.78. The monoisotopic (exact) mass is 496 g/mol. The molecule has 0 atom stereocenters. The van der Waals surface area contributed by atoms with Crippen LogP contribution in [0, 0.1) is 0 Å². The van der Waals surface area contributed by atoms with Crippen LogP contribution in [0.5, 0.6) is 0 Å². The van der Waals surface area contributed by atoms with Gasteiger partial charge in [0.05, 0.1) is 40.6 Å². The van der Waals surface area contributed by atoms with Gasteiger partial charge in [0.15, 0.2) is 0 Å². The minimum Gasteiger partial charge on any atom is -0.383 e. The lowest BCUT2D eigenvalue weighted by Gasteiger charge is -2.18. The van der Waals surface area contributed by atoms with E-state index in [1.54, 1.807) is 0 Å². The molecule has 6 N–H and O–H groups in total. The van der Waals surface area contributed by atoms with Crippen molar-refractivity contribution in [3.63, 3.8) is 0 Å². The number of fused-ring (bicyclic) bond motifs is 2. The molecule has 0 bridgehead atoms. The van der Waals surface area contributed by atoms with Crippen molar-refractivity contribution < 1.29 is 0 Å². The summed E-state index contributed by atoms with van der Waals surface area (Å²) in [6.45, 7) is 0. The Morgan fingerprint density at radius 2 is 1.11 bits per heavy atom. The molecule has 2 aromatic carbocycles. The molecule has 37 heavy (non-hydrogen) atoms. The van der Waals surface area contributed by atoms with Gasteiger partial charge in [0.25, 0.3) is 0 Å². The average Bonchev–Trinajstić information content (AvgIpc) is 3.51.